The van der Waals surface area contributed by atoms with Gasteiger partial charge in [0.15, 0.2) is 0 Å². The lowest BCUT2D eigenvalue weighted by Gasteiger charge is -2.10. The zero-order chi connectivity index (χ0) is 9.42. The molecule has 1 saturated heterocycles. The standard InChI is InChI=1S/C8H12N2O3/c1-5-4-13-8(9-5)10-2-6(11)7(12)3-10/h4,6-7,11-12H,2-3H2,1H3. The van der Waals surface area contributed by atoms with Crippen molar-refractivity contribution >= 4 is 6.01 Å². The first-order valence-electron chi connectivity index (χ1n) is 4.20. The van der Waals surface area contributed by atoms with Crippen LogP contribution in [0.4, 0.5) is 6.01 Å². The maximum absolute atomic E-state index is 9.28. The third-order valence-corrected chi connectivity index (χ3v) is 2.14. The van der Waals surface area contributed by atoms with Gasteiger partial charge < -0.3 is 19.5 Å². The number of hydrogen-bond acceptors (Lipinski definition) is 5. The molecule has 0 spiro atoms. The first-order valence-corrected chi connectivity index (χ1v) is 4.20. The molecule has 0 saturated carbocycles. The van der Waals surface area contributed by atoms with Crippen LogP contribution in [0.15, 0.2) is 10.7 Å². The minimum atomic E-state index is -0.702. The van der Waals surface area contributed by atoms with Crippen molar-refractivity contribution in [3.63, 3.8) is 0 Å². The van der Waals surface area contributed by atoms with Crippen LogP contribution in [0.5, 0.6) is 0 Å². The van der Waals surface area contributed by atoms with Crippen molar-refractivity contribution < 1.29 is 14.6 Å². The molecule has 2 unspecified atom stereocenters. The van der Waals surface area contributed by atoms with Gasteiger partial charge in [0.25, 0.3) is 6.01 Å². The van der Waals surface area contributed by atoms with E-state index in [0.29, 0.717) is 19.1 Å². The number of anilines is 1. The van der Waals surface area contributed by atoms with Crippen molar-refractivity contribution in [2.24, 2.45) is 0 Å². The minimum absolute atomic E-state index is 0.376. The Balaban J connectivity index is 2.11. The Morgan fingerprint density at radius 3 is 2.54 bits per heavy atom. The third kappa shape index (κ3) is 1.52. The van der Waals surface area contributed by atoms with Crippen molar-refractivity contribution in [2.45, 2.75) is 19.1 Å². The quantitative estimate of drug-likeness (QED) is 0.617. The van der Waals surface area contributed by atoms with Crippen LogP contribution in [0, 0.1) is 6.92 Å². The SMILES string of the molecule is Cc1coc(N2CC(O)C(O)C2)n1. The van der Waals surface area contributed by atoms with Gasteiger partial charge >= 0.3 is 0 Å². The highest BCUT2D eigenvalue weighted by Gasteiger charge is 2.31. The van der Waals surface area contributed by atoms with E-state index in [1.165, 1.54) is 0 Å². The lowest BCUT2D eigenvalue weighted by Crippen LogP contribution is -2.22. The summed E-state index contributed by atoms with van der Waals surface area (Å²) >= 11 is 0. The Labute approximate surface area is 75.6 Å². The number of nitrogens with zero attached hydrogens (tertiary/aromatic N) is 2. The molecule has 5 nitrogen and oxygen atoms in total. The molecule has 2 N–H and O–H groups in total. The summed E-state index contributed by atoms with van der Waals surface area (Å²) in [5, 5.41) is 18.6. The van der Waals surface area contributed by atoms with Gasteiger partial charge in [-0.15, -0.1) is 0 Å². The second-order valence-electron chi connectivity index (χ2n) is 3.31. The van der Waals surface area contributed by atoms with E-state index in [0.717, 1.165) is 5.69 Å². The molecular weight excluding hydrogens is 172 g/mol. The molecule has 0 radical (unpaired) electrons. The molecule has 1 aromatic rings. The van der Waals surface area contributed by atoms with Gasteiger partial charge in [-0.3, -0.25) is 0 Å². The summed E-state index contributed by atoms with van der Waals surface area (Å²) in [6.45, 7) is 2.58. The molecule has 0 bridgehead atoms. The molecule has 1 fully saturated rings. The molecule has 1 aromatic heterocycles. The van der Waals surface area contributed by atoms with Gasteiger partial charge in [0, 0.05) is 0 Å². The first-order chi connectivity index (χ1) is 6.16. The Hall–Kier alpha value is -1.07. The zero-order valence-electron chi connectivity index (χ0n) is 7.34. The molecule has 72 valence electrons. The van der Waals surface area contributed by atoms with Crippen molar-refractivity contribution in [3.8, 4) is 0 Å². The van der Waals surface area contributed by atoms with Crippen molar-refractivity contribution in [2.75, 3.05) is 18.0 Å². The normalized spacial score (nSPS) is 28.4. The average molecular weight is 184 g/mol. The van der Waals surface area contributed by atoms with E-state index in [2.05, 4.69) is 4.98 Å². The summed E-state index contributed by atoms with van der Waals surface area (Å²) in [4.78, 5) is 5.82. The van der Waals surface area contributed by atoms with E-state index < -0.39 is 12.2 Å². The minimum Gasteiger partial charge on any atom is -0.432 e. The summed E-state index contributed by atoms with van der Waals surface area (Å²) in [7, 11) is 0. The molecular formula is C8H12N2O3. The van der Waals surface area contributed by atoms with Crippen LogP contribution in [-0.2, 0) is 0 Å². The maximum atomic E-state index is 9.28. The van der Waals surface area contributed by atoms with Gasteiger partial charge in [-0.2, -0.15) is 4.98 Å². The van der Waals surface area contributed by atoms with Crippen LogP contribution >= 0.6 is 0 Å². The molecule has 5 heteroatoms. The van der Waals surface area contributed by atoms with Crippen molar-refractivity contribution in [1.29, 1.82) is 0 Å². The van der Waals surface area contributed by atoms with E-state index in [1.54, 1.807) is 11.2 Å². The molecule has 13 heavy (non-hydrogen) atoms. The zero-order valence-corrected chi connectivity index (χ0v) is 7.34. The molecule has 0 aliphatic carbocycles. The van der Waals surface area contributed by atoms with Crippen LogP contribution in [0.3, 0.4) is 0 Å². The second-order valence-corrected chi connectivity index (χ2v) is 3.31. The Kier molecular flexibility index (Phi) is 1.97. The van der Waals surface area contributed by atoms with Crippen LogP contribution in [0.25, 0.3) is 0 Å². The number of β-amino-alcohol motifs (C(OH)–C–C–N with tert-alkyl or cyclic N) is 2. The fourth-order valence-electron chi connectivity index (χ4n) is 1.41. The first kappa shape index (κ1) is 8.52. The Bertz CT molecular complexity index is 289. The van der Waals surface area contributed by atoms with Crippen molar-refractivity contribution in [1.82, 2.24) is 4.98 Å². The van der Waals surface area contributed by atoms with Gasteiger partial charge in [-0.25, -0.2) is 0 Å². The van der Waals surface area contributed by atoms with Gasteiger partial charge in [0.1, 0.15) is 6.26 Å². The highest BCUT2D eigenvalue weighted by molar-refractivity contribution is 5.30. The smallest absolute Gasteiger partial charge is 0.297 e. The fourth-order valence-corrected chi connectivity index (χ4v) is 1.41. The van der Waals surface area contributed by atoms with E-state index in [9.17, 15) is 10.2 Å². The van der Waals surface area contributed by atoms with E-state index in [4.69, 9.17) is 4.42 Å². The number of aliphatic hydroxyl groups excluding tert-OH is 2. The van der Waals surface area contributed by atoms with Crippen LogP contribution in [0.1, 0.15) is 5.69 Å². The highest BCUT2D eigenvalue weighted by Crippen LogP contribution is 2.19. The third-order valence-electron chi connectivity index (χ3n) is 2.14. The van der Waals surface area contributed by atoms with Crippen LogP contribution in [0.2, 0.25) is 0 Å². The molecule has 0 aromatic carbocycles. The lowest BCUT2D eigenvalue weighted by molar-refractivity contribution is 0.0572. The van der Waals surface area contributed by atoms with Crippen molar-refractivity contribution in [3.05, 3.63) is 12.0 Å². The van der Waals surface area contributed by atoms with Crippen LogP contribution < -0.4 is 4.90 Å². The molecule has 1 aliphatic rings. The number of aliphatic hydroxyl groups is 2. The molecule has 0 amide bonds. The number of oxazole rings is 1. The molecule has 2 heterocycles. The number of hydrogen-bond donors (Lipinski definition) is 2. The van der Waals surface area contributed by atoms with Gasteiger partial charge in [-0.1, -0.05) is 0 Å². The summed E-state index contributed by atoms with van der Waals surface area (Å²) in [6, 6.07) is 0.466. The number of aromatic nitrogens is 1. The van der Waals surface area contributed by atoms with Gasteiger partial charge in [0.2, 0.25) is 0 Å². The predicted octanol–water partition coefficient (Wildman–Crippen LogP) is -0.475. The summed E-state index contributed by atoms with van der Waals surface area (Å²) in [5.41, 5.74) is 0.797. The largest absolute Gasteiger partial charge is 0.432 e. The summed E-state index contributed by atoms with van der Waals surface area (Å²) < 4.78 is 5.14. The topological polar surface area (TPSA) is 69.7 Å². The Morgan fingerprint density at radius 2 is 2.08 bits per heavy atom. The average Bonchev–Trinajstić information content (AvgIpc) is 2.61. The molecule has 2 rings (SSSR count). The highest BCUT2D eigenvalue weighted by atomic mass is 16.4. The predicted molar refractivity (Wildman–Crippen MR) is 45.5 cm³/mol. The van der Waals surface area contributed by atoms with E-state index >= 15 is 0 Å². The van der Waals surface area contributed by atoms with E-state index in [1.807, 2.05) is 6.92 Å². The van der Waals surface area contributed by atoms with Gasteiger partial charge in [-0.05, 0) is 6.92 Å². The number of rotatable bonds is 1. The van der Waals surface area contributed by atoms with Gasteiger partial charge in [0.05, 0.1) is 31.0 Å². The second kappa shape index (κ2) is 3.01. The summed E-state index contributed by atoms with van der Waals surface area (Å²) in [6.07, 6.45) is 0.145. The van der Waals surface area contributed by atoms with Crippen LogP contribution in [-0.4, -0.2) is 40.5 Å². The summed E-state index contributed by atoms with van der Waals surface area (Å²) in [5.74, 6) is 0. The fraction of sp³-hybridized carbons (Fsp3) is 0.625. The lowest BCUT2D eigenvalue weighted by atomic mass is 10.3. The molecule has 1 aliphatic heterocycles. The Morgan fingerprint density at radius 1 is 1.46 bits per heavy atom. The monoisotopic (exact) mass is 184 g/mol. The maximum Gasteiger partial charge on any atom is 0.297 e. The number of aryl methyl sites for hydroxylation is 1. The molecule has 2 atom stereocenters. The van der Waals surface area contributed by atoms with E-state index in [-0.39, 0.29) is 0 Å².